The van der Waals surface area contributed by atoms with E-state index in [2.05, 4.69) is 23.8 Å². The maximum absolute atomic E-state index is 12.5. The lowest BCUT2D eigenvalue weighted by molar-refractivity contribution is -0.127. The number of thioether (sulfide) groups is 1. The van der Waals surface area contributed by atoms with Crippen LogP contribution >= 0.6 is 34.7 Å². The average Bonchev–Trinajstić information content (AvgIpc) is 2.86. The summed E-state index contributed by atoms with van der Waals surface area (Å²) >= 11 is 9.17. The van der Waals surface area contributed by atoms with Crippen molar-refractivity contribution in [3.63, 3.8) is 0 Å². The SMILES string of the molecule is Cc1nc(SCC(=O)N(C)Cc2cccc(Cl)c2)c2c(C)c(C)sc2n1. The molecule has 0 N–H and O–H groups in total. The first kappa shape index (κ1) is 19.1. The molecule has 26 heavy (non-hydrogen) atoms. The van der Waals surface area contributed by atoms with E-state index in [4.69, 9.17) is 11.6 Å². The molecule has 0 unspecified atom stereocenters. The highest BCUT2D eigenvalue weighted by atomic mass is 35.5. The first-order chi connectivity index (χ1) is 12.3. The average molecular weight is 406 g/mol. The zero-order valence-electron chi connectivity index (χ0n) is 15.2. The van der Waals surface area contributed by atoms with Gasteiger partial charge < -0.3 is 4.90 Å². The van der Waals surface area contributed by atoms with Gasteiger partial charge in [-0.2, -0.15) is 0 Å². The Morgan fingerprint density at radius 3 is 2.77 bits per heavy atom. The largest absolute Gasteiger partial charge is 0.341 e. The second kappa shape index (κ2) is 7.94. The minimum atomic E-state index is 0.0593. The molecule has 0 saturated heterocycles. The highest BCUT2D eigenvalue weighted by molar-refractivity contribution is 8.00. The van der Waals surface area contributed by atoms with Crippen LogP contribution in [0.4, 0.5) is 0 Å². The lowest BCUT2D eigenvalue weighted by atomic mass is 10.2. The third-order valence-corrected chi connectivity index (χ3v) is 6.47. The van der Waals surface area contributed by atoms with Crippen LogP contribution < -0.4 is 0 Å². The van der Waals surface area contributed by atoms with Gasteiger partial charge in [-0.1, -0.05) is 35.5 Å². The number of nitrogens with zero attached hydrogens (tertiary/aromatic N) is 3. The number of carbonyl (C=O) groups is 1. The second-order valence-corrected chi connectivity index (χ2v) is 8.81. The number of amides is 1. The fraction of sp³-hybridized carbons (Fsp3) is 0.316. The van der Waals surface area contributed by atoms with Gasteiger partial charge in [-0.25, -0.2) is 9.97 Å². The minimum Gasteiger partial charge on any atom is -0.341 e. The van der Waals surface area contributed by atoms with Crippen LogP contribution in [0.5, 0.6) is 0 Å². The molecule has 4 nitrogen and oxygen atoms in total. The molecule has 0 aliphatic carbocycles. The molecule has 0 spiro atoms. The van der Waals surface area contributed by atoms with Crippen LogP contribution in [0.1, 0.15) is 21.8 Å². The van der Waals surface area contributed by atoms with Crippen molar-refractivity contribution >= 4 is 50.8 Å². The van der Waals surface area contributed by atoms with Crippen molar-refractivity contribution in [2.24, 2.45) is 0 Å². The van der Waals surface area contributed by atoms with Crippen molar-refractivity contribution in [2.75, 3.05) is 12.8 Å². The van der Waals surface area contributed by atoms with Crippen molar-refractivity contribution < 1.29 is 4.79 Å². The molecule has 0 fully saturated rings. The molecule has 3 aromatic rings. The van der Waals surface area contributed by atoms with Gasteiger partial charge in [0.15, 0.2) is 0 Å². The first-order valence-electron chi connectivity index (χ1n) is 8.20. The van der Waals surface area contributed by atoms with Gasteiger partial charge in [-0.3, -0.25) is 4.79 Å². The predicted octanol–water partition coefficient (Wildman–Crippen LogP) is 5.02. The Hall–Kier alpha value is -1.63. The lowest BCUT2D eigenvalue weighted by Crippen LogP contribution is -2.27. The van der Waals surface area contributed by atoms with Crippen molar-refractivity contribution in [3.05, 3.63) is 51.1 Å². The fourth-order valence-corrected chi connectivity index (χ4v) is 5.08. The number of hydrogen-bond donors (Lipinski definition) is 0. The summed E-state index contributed by atoms with van der Waals surface area (Å²) in [6.07, 6.45) is 0. The number of fused-ring (bicyclic) bond motifs is 1. The molecule has 0 radical (unpaired) electrons. The third-order valence-electron chi connectivity index (χ3n) is 4.17. The van der Waals surface area contributed by atoms with E-state index < -0.39 is 0 Å². The monoisotopic (exact) mass is 405 g/mol. The van der Waals surface area contributed by atoms with Gasteiger partial charge in [0.2, 0.25) is 5.91 Å². The van der Waals surface area contributed by atoms with Crippen LogP contribution in [0.2, 0.25) is 5.02 Å². The Morgan fingerprint density at radius 1 is 1.27 bits per heavy atom. The Bertz CT molecular complexity index is 971. The van der Waals surface area contributed by atoms with E-state index in [1.165, 1.54) is 22.2 Å². The molecule has 0 aliphatic heterocycles. The van der Waals surface area contributed by atoms with E-state index in [9.17, 15) is 4.79 Å². The number of rotatable bonds is 5. The molecule has 136 valence electrons. The highest BCUT2D eigenvalue weighted by Gasteiger charge is 2.16. The minimum absolute atomic E-state index is 0.0593. The van der Waals surface area contributed by atoms with Gasteiger partial charge in [-0.05, 0) is 44.0 Å². The van der Waals surface area contributed by atoms with E-state index in [0.29, 0.717) is 17.3 Å². The molecule has 0 atom stereocenters. The van der Waals surface area contributed by atoms with E-state index >= 15 is 0 Å². The van der Waals surface area contributed by atoms with Gasteiger partial charge in [0.05, 0.1) is 5.75 Å². The number of carbonyl (C=O) groups excluding carboxylic acids is 1. The van der Waals surface area contributed by atoms with Crippen molar-refractivity contribution in [1.82, 2.24) is 14.9 Å². The molecule has 2 heterocycles. The van der Waals surface area contributed by atoms with Crippen LogP contribution in [0, 0.1) is 20.8 Å². The number of aromatic nitrogens is 2. The molecule has 0 saturated carbocycles. The van der Waals surface area contributed by atoms with Gasteiger partial charge in [0.25, 0.3) is 0 Å². The van der Waals surface area contributed by atoms with Crippen LogP contribution in [-0.2, 0) is 11.3 Å². The Labute approximate surface area is 166 Å². The number of aryl methyl sites for hydroxylation is 3. The normalized spacial score (nSPS) is 11.1. The number of halogens is 1. The quantitative estimate of drug-likeness (QED) is 0.441. The van der Waals surface area contributed by atoms with Gasteiger partial charge in [0.1, 0.15) is 15.7 Å². The zero-order valence-corrected chi connectivity index (χ0v) is 17.6. The number of thiophene rings is 1. The standard InChI is InChI=1S/C19H20ClN3OS2/c1-11-12(2)26-19-17(11)18(21-13(3)22-19)25-10-16(24)23(4)9-14-6-5-7-15(20)8-14/h5-8H,9-10H2,1-4H3. The summed E-state index contributed by atoms with van der Waals surface area (Å²) < 4.78 is 0. The highest BCUT2D eigenvalue weighted by Crippen LogP contribution is 2.35. The van der Waals surface area contributed by atoms with Crippen molar-refractivity contribution in [1.29, 1.82) is 0 Å². The maximum atomic E-state index is 12.5. The number of benzene rings is 1. The molecule has 0 aliphatic rings. The summed E-state index contributed by atoms with van der Waals surface area (Å²) in [4.78, 5) is 25.6. The summed E-state index contributed by atoms with van der Waals surface area (Å²) in [5.41, 5.74) is 2.22. The van der Waals surface area contributed by atoms with Crippen molar-refractivity contribution in [2.45, 2.75) is 32.3 Å². The molecule has 0 bridgehead atoms. The fourth-order valence-electron chi connectivity index (χ4n) is 2.66. The van der Waals surface area contributed by atoms with E-state index in [1.807, 2.05) is 38.2 Å². The first-order valence-corrected chi connectivity index (χ1v) is 10.4. The predicted molar refractivity (Wildman–Crippen MR) is 110 cm³/mol. The summed E-state index contributed by atoms with van der Waals surface area (Å²) in [7, 11) is 1.81. The molecule has 3 rings (SSSR count). The van der Waals surface area contributed by atoms with Crippen LogP contribution in [-0.4, -0.2) is 33.6 Å². The van der Waals surface area contributed by atoms with Crippen molar-refractivity contribution in [3.8, 4) is 0 Å². The summed E-state index contributed by atoms with van der Waals surface area (Å²) in [5.74, 6) is 1.14. The smallest absolute Gasteiger partial charge is 0.233 e. The second-order valence-electron chi connectivity index (χ2n) is 6.21. The molecular formula is C19H20ClN3OS2. The van der Waals surface area contributed by atoms with Crippen LogP contribution in [0.25, 0.3) is 10.2 Å². The lowest BCUT2D eigenvalue weighted by Gasteiger charge is -2.17. The Balaban J connectivity index is 1.72. The zero-order chi connectivity index (χ0) is 18.8. The summed E-state index contributed by atoms with van der Waals surface area (Å²) in [6, 6.07) is 7.58. The molecule has 1 amide bonds. The van der Waals surface area contributed by atoms with Crippen LogP contribution in [0.15, 0.2) is 29.3 Å². The molecule has 1 aromatic carbocycles. The molecule has 7 heteroatoms. The van der Waals surface area contributed by atoms with Gasteiger partial charge >= 0.3 is 0 Å². The van der Waals surface area contributed by atoms with E-state index in [1.54, 1.807) is 16.2 Å². The maximum Gasteiger partial charge on any atom is 0.233 e. The molecule has 2 aromatic heterocycles. The summed E-state index contributed by atoms with van der Waals surface area (Å²) in [5, 5.41) is 2.65. The van der Waals surface area contributed by atoms with Gasteiger partial charge in [-0.15, -0.1) is 11.3 Å². The Morgan fingerprint density at radius 2 is 2.04 bits per heavy atom. The molecular weight excluding hydrogens is 386 g/mol. The van der Waals surface area contributed by atoms with Crippen LogP contribution in [0.3, 0.4) is 0 Å². The topological polar surface area (TPSA) is 46.1 Å². The summed E-state index contributed by atoms with van der Waals surface area (Å²) in [6.45, 7) is 6.61. The van der Waals surface area contributed by atoms with E-state index in [0.717, 1.165) is 26.6 Å². The van der Waals surface area contributed by atoms with E-state index in [-0.39, 0.29) is 5.91 Å². The van der Waals surface area contributed by atoms with Gasteiger partial charge in [0, 0.05) is 28.9 Å². The third kappa shape index (κ3) is 4.19. The Kier molecular flexibility index (Phi) is 5.85. The number of hydrogen-bond acceptors (Lipinski definition) is 5.